The molecule has 2 heterocycles. The first kappa shape index (κ1) is 14.4. The van der Waals surface area contributed by atoms with Gasteiger partial charge in [0, 0.05) is 24.4 Å². The Morgan fingerprint density at radius 1 is 1.19 bits per heavy atom. The van der Waals surface area contributed by atoms with Crippen LogP contribution in [0, 0.1) is 5.92 Å². The number of rotatable bonds is 2. The maximum Gasteiger partial charge on any atom is 0.0934 e. The van der Waals surface area contributed by atoms with E-state index < -0.39 is 0 Å². The van der Waals surface area contributed by atoms with Crippen LogP contribution in [0.1, 0.15) is 45.7 Å². The number of hydrogen-bond donors (Lipinski definition) is 1. The molecule has 112 valence electrons. The maximum absolute atomic E-state index is 6.62. The van der Waals surface area contributed by atoms with E-state index in [2.05, 4.69) is 43.7 Å². The Labute approximate surface area is 125 Å². The van der Waals surface area contributed by atoms with E-state index in [0.717, 1.165) is 23.0 Å². The third-order valence-corrected chi connectivity index (χ3v) is 4.47. The van der Waals surface area contributed by atoms with Crippen LogP contribution in [-0.2, 0) is 4.74 Å². The summed E-state index contributed by atoms with van der Waals surface area (Å²) in [7, 11) is 0. The van der Waals surface area contributed by atoms with Gasteiger partial charge in [0.25, 0.3) is 0 Å². The number of benzene rings is 1. The van der Waals surface area contributed by atoms with Crippen LogP contribution in [0.5, 0.6) is 0 Å². The van der Waals surface area contributed by atoms with E-state index in [1.54, 1.807) is 12.4 Å². The first-order valence-electron chi connectivity index (χ1n) is 7.46. The van der Waals surface area contributed by atoms with Crippen molar-refractivity contribution in [3.63, 3.8) is 0 Å². The van der Waals surface area contributed by atoms with Gasteiger partial charge in [-0.05, 0) is 45.7 Å². The van der Waals surface area contributed by atoms with Gasteiger partial charge in [-0.25, -0.2) is 0 Å². The van der Waals surface area contributed by atoms with Crippen molar-refractivity contribution in [2.24, 2.45) is 11.7 Å². The van der Waals surface area contributed by atoms with Crippen LogP contribution in [0.25, 0.3) is 11.0 Å². The molecule has 1 saturated heterocycles. The number of para-hydroxylation sites is 1. The van der Waals surface area contributed by atoms with E-state index in [4.69, 9.17) is 10.5 Å². The zero-order valence-corrected chi connectivity index (χ0v) is 13.1. The molecule has 21 heavy (non-hydrogen) atoms. The summed E-state index contributed by atoms with van der Waals surface area (Å²) in [6.07, 6.45) is 4.37. The molecule has 3 rings (SSSR count). The second-order valence-electron chi connectivity index (χ2n) is 7.07. The lowest BCUT2D eigenvalue weighted by atomic mass is 9.79. The highest BCUT2D eigenvalue weighted by molar-refractivity contribution is 5.78. The van der Waals surface area contributed by atoms with Crippen molar-refractivity contribution in [1.82, 2.24) is 9.97 Å². The molecule has 0 spiro atoms. The molecular weight excluding hydrogens is 262 g/mol. The van der Waals surface area contributed by atoms with Crippen LogP contribution in [0.2, 0.25) is 0 Å². The number of hydrogen-bond acceptors (Lipinski definition) is 4. The zero-order chi connectivity index (χ0) is 15.3. The average molecular weight is 285 g/mol. The van der Waals surface area contributed by atoms with E-state index in [0.29, 0.717) is 0 Å². The molecule has 1 aromatic carbocycles. The quantitative estimate of drug-likeness (QED) is 0.920. The van der Waals surface area contributed by atoms with E-state index in [1.807, 2.05) is 12.1 Å². The Morgan fingerprint density at radius 3 is 2.57 bits per heavy atom. The van der Waals surface area contributed by atoms with Crippen molar-refractivity contribution < 1.29 is 4.74 Å². The molecule has 0 radical (unpaired) electrons. The fourth-order valence-corrected chi connectivity index (χ4v) is 3.66. The lowest BCUT2D eigenvalue weighted by Gasteiger charge is -2.31. The zero-order valence-electron chi connectivity index (χ0n) is 13.1. The second kappa shape index (κ2) is 4.75. The van der Waals surface area contributed by atoms with Crippen LogP contribution in [0.3, 0.4) is 0 Å². The Bertz CT molecular complexity index is 661. The molecule has 2 N–H and O–H groups in total. The van der Waals surface area contributed by atoms with Gasteiger partial charge in [-0.15, -0.1) is 0 Å². The van der Waals surface area contributed by atoms with Crippen molar-refractivity contribution in [2.75, 3.05) is 0 Å². The predicted molar refractivity (Wildman–Crippen MR) is 83.8 cm³/mol. The molecule has 0 aliphatic carbocycles. The number of nitrogens with two attached hydrogens (primary N) is 1. The van der Waals surface area contributed by atoms with Gasteiger partial charge in [0.15, 0.2) is 0 Å². The van der Waals surface area contributed by atoms with Crippen molar-refractivity contribution in [3.8, 4) is 0 Å². The number of fused-ring (bicyclic) bond motifs is 1. The Morgan fingerprint density at radius 2 is 1.90 bits per heavy atom. The van der Waals surface area contributed by atoms with Crippen LogP contribution in [0.4, 0.5) is 0 Å². The molecule has 2 aromatic rings. The van der Waals surface area contributed by atoms with Crippen LogP contribution in [0.15, 0.2) is 30.6 Å². The third-order valence-electron chi connectivity index (χ3n) is 4.47. The predicted octanol–water partition coefficient (Wildman–Crippen LogP) is 3.22. The minimum Gasteiger partial charge on any atom is -0.369 e. The average Bonchev–Trinajstić information content (AvgIpc) is 2.65. The molecule has 4 heteroatoms. The number of ether oxygens (including phenoxy) is 1. The molecule has 0 bridgehead atoms. The maximum atomic E-state index is 6.62. The highest BCUT2D eigenvalue weighted by Crippen LogP contribution is 2.47. The summed E-state index contributed by atoms with van der Waals surface area (Å²) in [5.74, 6) is 0.250. The minimum atomic E-state index is -0.243. The molecule has 1 aliphatic heterocycles. The monoisotopic (exact) mass is 285 g/mol. The van der Waals surface area contributed by atoms with Gasteiger partial charge in [0.1, 0.15) is 0 Å². The van der Waals surface area contributed by atoms with Crippen molar-refractivity contribution in [1.29, 1.82) is 0 Å². The van der Waals surface area contributed by atoms with Gasteiger partial charge in [-0.3, -0.25) is 9.97 Å². The van der Waals surface area contributed by atoms with Gasteiger partial charge in [-0.1, -0.05) is 12.1 Å². The Hall–Kier alpha value is -1.52. The van der Waals surface area contributed by atoms with Gasteiger partial charge in [-0.2, -0.15) is 0 Å². The Kier molecular flexibility index (Phi) is 3.26. The highest BCUT2D eigenvalue weighted by atomic mass is 16.5. The Balaban J connectivity index is 2.03. The summed E-state index contributed by atoms with van der Waals surface area (Å²) >= 11 is 0. The third kappa shape index (κ3) is 2.54. The first-order valence-corrected chi connectivity index (χ1v) is 7.46. The summed E-state index contributed by atoms with van der Waals surface area (Å²) in [5, 5.41) is 0. The van der Waals surface area contributed by atoms with Gasteiger partial charge >= 0.3 is 0 Å². The van der Waals surface area contributed by atoms with Crippen molar-refractivity contribution >= 4 is 11.0 Å². The standard InChI is InChI=1S/C17H23N3O/c1-16(2)10-12(17(3,4)21-16)14(18)11-6-5-7-13-15(11)20-9-8-19-13/h5-9,12,14H,10,18H2,1-4H3. The van der Waals surface area contributed by atoms with Crippen LogP contribution >= 0.6 is 0 Å². The highest BCUT2D eigenvalue weighted by Gasteiger charge is 2.48. The molecule has 0 saturated carbocycles. The fraction of sp³-hybridized carbons (Fsp3) is 0.529. The van der Waals surface area contributed by atoms with E-state index in [9.17, 15) is 0 Å². The van der Waals surface area contributed by atoms with Gasteiger partial charge in [0.05, 0.1) is 22.2 Å². The molecular formula is C17H23N3O. The molecule has 1 fully saturated rings. The summed E-state index contributed by atoms with van der Waals surface area (Å²) in [5.41, 5.74) is 9.08. The second-order valence-corrected chi connectivity index (χ2v) is 7.07. The molecule has 2 atom stereocenters. The number of aromatic nitrogens is 2. The summed E-state index contributed by atoms with van der Waals surface area (Å²) in [6.45, 7) is 8.51. The molecule has 1 aliphatic rings. The smallest absolute Gasteiger partial charge is 0.0934 e. The van der Waals surface area contributed by atoms with Crippen molar-refractivity contribution in [2.45, 2.75) is 51.4 Å². The normalized spacial score (nSPS) is 25.1. The molecule has 1 aromatic heterocycles. The minimum absolute atomic E-state index is 0.109. The topological polar surface area (TPSA) is 61.0 Å². The fourth-order valence-electron chi connectivity index (χ4n) is 3.66. The van der Waals surface area contributed by atoms with Crippen LogP contribution in [-0.4, -0.2) is 21.2 Å². The lowest BCUT2D eigenvalue weighted by molar-refractivity contribution is -0.0767. The molecule has 2 unspecified atom stereocenters. The molecule has 0 amide bonds. The summed E-state index contributed by atoms with van der Waals surface area (Å²) in [6, 6.07) is 5.92. The van der Waals surface area contributed by atoms with E-state index >= 15 is 0 Å². The van der Waals surface area contributed by atoms with Crippen molar-refractivity contribution in [3.05, 3.63) is 36.2 Å². The van der Waals surface area contributed by atoms with E-state index in [1.165, 1.54) is 0 Å². The summed E-state index contributed by atoms with van der Waals surface area (Å²) < 4.78 is 6.19. The van der Waals surface area contributed by atoms with Gasteiger partial charge < -0.3 is 10.5 Å². The SMILES string of the molecule is CC1(C)CC(C(N)c2cccc3nccnc23)C(C)(C)O1. The summed E-state index contributed by atoms with van der Waals surface area (Å²) in [4.78, 5) is 8.84. The molecule has 4 nitrogen and oxygen atoms in total. The lowest BCUT2D eigenvalue weighted by Crippen LogP contribution is -2.36. The first-order chi connectivity index (χ1) is 9.80. The van der Waals surface area contributed by atoms with Gasteiger partial charge in [0.2, 0.25) is 0 Å². The largest absolute Gasteiger partial charge is 0.369 e. The number of nitrogens with zero attached hydrogens (tertiary/aromatic N) is 2. The van der Waals surface area contributed by atoms with Crippen LogP contribution < -0.4 is 5.73 Å². The van der Waals surface area contributed by atoms with E-state index in [-0.39, 0.29) is 23.2 Å².